The highest BCUT2D eigenvalue weighted by Gasteiger charge is 2.47. The van der Waals surface area contributed by atoms with Crippen LogP contribution < -0.4 is 5.32 Å². The fraction of sp³-hybridized carbons (Fsp3) is 0.714. The van der Waals surface area contributed by atoms with Crippen molar-refractivity contribution in [1.82, 2.24) is 5.32 Å². The molecule has 5 rings (SSSR count). The molecule has 4 saturated carbocycles. The van der Waals surface area contributed by atoms with Crippen molar-refractivity contribution in [3.8, 4) is 0 Å². The Morgan fingerprint density at radius 3 is 2.16 bits per heavy atom. The largest absolute Gasteiger partial charge is 0.392 e. The molecule has 0 radical (unpaired) electrons. The van der Waals surface area contributed by atoms with Crippen LogP contribution in [0, 0.1) is 41.2 Å². The second kappa shape index (κ2) is 7.32. The van der Waals surface area contributed by atoms with Gasteiger partial charge in [-0.2, -0.15) is 0 Å². The van der Waals surface area contributed by atoms with Crippen molar-refractivity contribution in [3.05, 3.63) is 35.4 Å². The third-order valence-corrected chi connectivity index (χ3v) is 6.87. The molecule has 1 unspecified atom stereocenters. The van der Waals surface area contributed by atoms with Crippen molar-refractivity contribution in [2.75, 3.05) is 13.1 Å². The highest BCUT2D eigenvalue weighted by atomic mass is 19.1. The molecular formula is C21H29F2NO. The molecule has 4 bridgehead atoms. The molecule has 0 spiro atoms. The van der Waals surface area contributed by atoms with Crippen molar-refractivity contribution in [2.45, 2.75) is 51.0 Å². The van der Waals surface area contributed by atoms with E-state index in [1.165, 1.54) is 44.2 Å². The zero-order valence-electron chi connectivity index (χ0n) is 14.8. The Hall–Kier alpha value is -1.00. The lowest BCUT2D eigenvalue weighted by Gasteiger charge is -2.54. The summed E-state index contributed by atoms with van der Waals surface area (Å²) in [6.45, 7) is 1.58. The molecule has 2 N–H and O–H groups in total. The number of hydrogen-bond donors (Lipinski definition) is 2. The van der Waals surface area contributed by atoms with Gasteiger partial charge in [0.2, 0.25) is 0 Å². The first-order valence-electron chi connectivity index (χ1n) is 9.90. The summed E-state index contributed by atoms with van der Waals surface area (Å²) in [5, 5.41) is 13.7. The van der Waals surface area contributed by atoms with Crippen LogP contribution in [-0.2, 0) is 6.42 Å². The van der Waals surface area contributed by atoms with Crippen molar-refractivity contribution < 1.29 is 13.9 Å². The van der Waals surface area contributed by atoms with Gasteiger partial charge in [-0.1, -0.05) is 0 Å². The number of benzene rings is 1. The maximum absolute atomic E-state index is 13.2. The molecule has 1 aromatic carbocycles. The number of halogens is 2. The lowest BCUT2D eigenvalue weighted by atomic mass is 9.52. The summed E-state index contributed by atoms with van der Waals surface area (Å²) in [4.78, 5) is 0. The molecule has 0 heterocycles. The average molecular weight is 349 g/mol. The van der Waals surface area contributed by atoms with E-state index in [0.29, 0.717) is 24.9 Å². The minimum atomic E-state index is -0.551. The lowest BCUT2D eigenvalue weighted by molar-refractivity contribution is -0.0362. The van der Waals surface area contributed by atoms with Crippen molar-refractivity contribution in [2.24, 2.45) is 29.6 Å². The van der Waals surface area contributed by atoms with Crippen molar-refractivity contribution >= 4 is 0 Å². The lowest BCUT2D eigenvalue weighted by Crippen LogP contribution is -2.49. The van der Waals surface area contributed by atoms with Crippen LogP contribution in [0.1, 0.15) is 44.1 Å². The van der Waals surface area contributed by atoms with Gasteiger partial charge in [0.05, 0.1) is 6.10 Å². The molecule has 4 aliphatic rings. The monoisotopic (exact) mass is 349 g/mol. The SMILES string of the molecule is OC(CCc1cc(F)cc(F)c1)CNCC1C2CC3CC(C2)CC1C3. The molecule has 1 aromatic rings. The molecule has 4 fully saturated rings. The zero-order chi connectivity index (χ0) is 17.4. The molecular weight excluding hydrogens is 320 g/mol. The number of hydrogen-bond acceptors (Lipinski definition) is 2. The fourth-order valence-electron chi connectivity index (χ4n) is 5.98. The van der Waals surface area contributed by atoms with E-state index < -0.39 is 17.7 Å². The zero-order valence-corrected chi connectivity index (χ0v) is 14.8. The van der Waals surface area contributed by atoms with E-state index in [9.17, 15) is 13.9 Å². The van der Waals surface area contributed by atoms with Gasteiger partial charge in [0.1, 0.15) is 11.6 Å². The van der Waals surface area contributed by atoms with Crippen molar-refractivity contribution in [3.63, 3.8) is 0 Å². The quantitative estimate of drug-likeness (QED) is 0.782. The Morgan fingerprint density at radius 1 is 0.960 bits per heavy atom. The number of aliphatic hydroxyl groups is 1. The maximum Gasteiger partial charge on any atom is 0.126 e. The van der Waals surface area contributed by atoms with Gasteiger partial charge in [0.15, 0.2) is 0 Å². The molecule has 4 aliphatic carbocycles. The number of aryl methyl sites for hydroxylation is 1. The number of nitrogens with one attached hydrogen (secondary N) is 1. The van der Waals surface area contributed by atoms with E-state index in [-0.39, 0.29) is 0 Å². The van der Waals surface area contributed by atoms with Gasteiger partial charge in [-0.15, -0.1) is 0 Å². The number of aliphatic hydroxyl groups excluding tert-OH is 1. The van der Waals surface area contributed by atoms with E-state index >= 15 is 0 Å². The Bertz CT molecular complexity index is 557. The van der Waals surface area contributed by atoms with Crippen LogP contribution >= 0.6 is 0 Å². The molecule has 1 atom stereocenters. The Morgan fingerprint density at radius 2 is 1.56 bits per heavy atom. The average Bonchev–Trinajstić information content (AvgIpc) is 2.54. The van der Waals surface area contributed by atoms with Crippen LogP contribution in [-0.4, -0.2) is 24.3 Å². The van der Waals surface area contributed by atoms with Gasteiger partial charge in [-0.3, -0.25) is 0 Å². The van der Waals surface area contributed by atoms with E-state index in [4.69, 9.17) is 0 Å². The van der Waals surface area contributed by atoms with Gasteiger partial charge in [0.25, 0.3) is 0 Å². The summed E-state index contributed by atoms with van der Waals surface area (Å²) in [5.74, 6) is 3.48. The predicted octanol–water partition coefficient (Wildman–Crippen LogP) is 3.92. The first kappa shape index (κ1) is 17.4. The standard InChI is InChI=1S/C21H29F2NO/c22-18-8-13(9-19(23)10-18)1-2-20(25)11-24-12-21-16-4-14-3-15(6-16)7-17(21)5-14/h8-10,14-17,20-21,24-25H,1-7,11-12H2. The third kappa shape index (κ3) is 4.06. The fourth-order valence-corrected chi connectivity index (χ4v) is 5.98. The molecule has 2 nitrogen and oxygen atoms in total. The van der Waals surface area contributed by atoms with Crippen LogP contribution in [0.5, 0.6) is 0 Å². The topological polar surface area (TPSA) is 32.3 Å². The second-order valence-electron chi connectivity index (χ2n) is 8.72. The summed E-state index contributed by atoms with van der Waals surface area (Å²) >= 11 is 0. The van der Waals surface area contributed by atoms with Crippen LogP contribution in [0.15, 0.2) is 18.2 Å². The van der Waals surface area contributed by atoms with Gasteiger partial charge < -0.3 is 10.4 Å². The Kier molecular flexibility index (Phi) is 5.10. The van der Waals surface area contributed by atoms with Crippen LogP contribution in [0.4, 0.5) is 8.78 Å². The van der Waals surface area contributed by atoms with E-state index in [0.717, 1.165) is 42.2 Å². The first-order chi connectivity index (χ1) is 12.1. The van der Waals surface area contributed by atoms with Crippen LogP contribution in [0.2, 0.25) is 0 Å². The highest BCUT2D eigenvalue weighted by Crippen LogP contribution is 2.56. The van der Waals surface area contributed by atoms with E-state index in [1.54, 1.807) is 0 Å². The van der Waals surface area contributed by atoms with E-state index in [1.807, 2.05) is 0 Å². The molecule has 25 heavy (non-hydrogen) atoms. The molecule has 138 valence electrons. The van der Waals surface area contributed by atoms with Gasteiger partial charge in [-0.05, 0) is 98.8 Å². The van der Waals surface area contributed by atoms with E-state index in [2.05, 4.69) is 5.32 Å². The smallest absolute Gasteiger partial charge is 0.126 e. The van der Waals surface area contributed by atoms with Crippen LogP contribution in [0.25, 0.3) is 0 Å². The molecule has 0 aliphatic heterocycles. The first-order valence-corrected chi connectivity index (χ1v) is 9.90. The molecule has 0 amide bonds. The molecule has 0 aromatic heterocycles. The van der Waals surface area contributed by atoms with Crippen LogP contribution in [0.3, 0.4) is 0 Å². The second-order valence-corrected chi connectivity index (χ2v) is 8.72. The third-order valence-electron chi connectivity index (χ3n) is 6.87. The summed E-state index contributed by atoms with van der Waals surface area (Å²) < 4.78 is 26.4. The minimum absolute atomic E-state index is 0.469. The Labute approximate surface area is 149 Å². The van der Waals surface area contributed by atoms with Crippen molar-refractivity contribution in [1.29, 1.82) is 0 Å². The maximum atomic E-state index is 13.2. The number of rotatable bonds is 7. The summed E-state index contributed by atoms with van der Waals surface area (Å²) in [7, 11) is 0. The van der Waals surface area contributed by atoms with Gasteiger partial charge in [0, 0.05) is 12.6 Å². The normalized spacial score (nSPS) is 34.4. The molecule has 4 heteroatoms. The molecule has 0 saturated heterocycles. The summed E-state index contributed by atoms with van der Waals surface area (Å²) in [5.41, 5.74) is 0.609. The summed E-state index contributed by atoms with van der Waals surface area (Å²) in [6, 6.07) is 3.57. The highest BCUT2D eigenvalue weighted by molar-refractivity contribution is 5.18. The van der Waals surface area contributed by atoms with Gasteiger partial charge in [-0.25, -0.2) is 8.78 Å². The predicted molar refractivity (Wildman–Crippen MR) is 94.1 cm³/mol. The Balaban J connectivity index is 1.20. The summed E-state index contributed by atoms with van der Waals surface area (Å²) in [6.07, 6.45) is 7.72. The van der Waals surface area contributed by atoms with Gasteiger partial charge >= 0.3 is 0 Å². The minimum Gasteiger partial charge on any atom is -0.392 e.